The molecule has 0 aromatic heterocycles. The van der Waals surface area contributed by atoms with Crippen molar-refractivity contribution in [1.29, 1.82) is 0 Å². The van der Waals surface area contributed by atoms with E-state index in [9.17, 15) is 14.9 Å². The standard InChI is InChI=1S/C17H17NO6/c1-22-15-10-9-13(18(20)21)12-16(15)24-17(19)8-5-11-23-14-6-3-2-4-7-14/h2-4,6-7,9-10,12H,5,8,11H2,1H3. The number of rotatable bonds is 8. The molecule has 2 aromatic carbocycles. The number of esters is 1. The van der Waals surface area contributed by atoms with E-state index in [-0.39, 0.29) is 23.6 Å². The first-order chi connectivity index (χ1) is 11.6. The molecule has 0 fully saturated rings. The number of carbonyl (C=O) groups excluding carboxylic acids is 1. The Bertz CT molecular complexity index is 701. The molecule has 0 atom stereocenters. The Morgan fingerprint density at radius 3 is 2.54 bits per heavy atom. The molecule has 2 rings (SSSR count). The third kappa shape index (κ3) is 4.98. The summed E-state index contributed by atoms with van der Waals surface area (Å²) in [4.78, 5) is 22.1. The molecule has 0 saturated carbocycles. The molecular formula is C17H17NO6. The molecule has 7 heteroatoms. The number of hydrogen-bond acceptors (Lipinski definition) is 6. The summed E-state index contributed by atoms with van der Waals surface area (Å²) in [7, 11) is 1.40. The first-order valence-electron chi connectivity index (χ1n) is 7.31. The van der Waals surface area contributed by atoms with Crippen LogP contribution < -0.4 is 14.2 Å². The van der Waals surface area contributed by atoms with Crippen LogP contribution in [0.1, 0.15) is 12.8 Å². The van der Waals surface area contributed by atoms with Gasteiger partial charge in [0.2, 0.25) is 0 Å². The van der Waals surface area contributed by atoms with Crippen molar-refractivity contribution in [2.24, 2.45) is 0 Å². The largest absolute Gasteiger partial charge is 0.494 e. The molecule has 126 valence electrons. The molecule has 0 spiro atoms. The van der Waals surface area contributed by atoms with E-state index in [0.717, 1.165) is 11.8 Å². The Kier molecular flexibility index (Phi) is 6.13. The fraction of sp³-hybridized carbons (Fsp3) is 0.235. The molecular weight excluding hydrogens is 314 g/mol. The number of ether oxygens (including phenoxy) is 3. The summed E-state index contributed by atoms with van der Waals surface area (Å²) in [5.41, 5.74) is -0.175. The second-order valence-electron chi connectivity index (χ2n) is 4.83. The minimum absolute atomic E-state index is 0.0284. The third-order valence-corrected chi connectivity index (χ3v) is 3.12. The van der Waals surface area contributed by atoms with Gasteiger partial charge >= 0.3 is 5.97 Å². The topological polar surface area (TPSA) is 87.9 Å². The summed E-state index contributed by atoms with van der Waals surface area (Å²) < 4.78 is 15.7. The summed E-state index contributed by atoms with van der Waals surface area (Å²) in [6.07, 6.45) is 0.587. The van der Waals surface area contributed by atoms with Crippen molar-refractivity contribution in [3.63, 3.8) is 0 Å². The Balaban J connectivity index is 1.85. The average molecular weight is 331 g/mol. The van der Waals surface area contributed by atoms with Gasteiger partial charge in [0.25, 0.3) is 5.69 Å². The van der Waals surface area contributed by atoms with Crippen molar-refractivity contribution in [3.8, 4) is 17.2 Å². The van der Waals surface area contributed by atoms with E-state index < -0.39 is 10.9 Å². The summed E-state index contributed by atoms with van der Waals surface area (Å²) in [6.45, 7) is 0.366. The lowest BCUT2D eigenvalue weighted by Crippen LogP contribution is -2.10. The van der Waals surface area contributed by atoms with E-state index in [1.807, 2.05) is 30.3 Å². The minimum Gasteiger partial charge on any atom is -0.494 e. The van der Waals surface area contributed by atoms with Crippen molar-refractivity contribution in [1.82, 2.24) is 0 Å². The van der Waals surface area contributed by atoms with Gasteiger partial charge in [0.05, 0.1) is 24.7 Å². The zero-order valence-electron chi connectivity index (χ0n) is 13.1. The monoisotopic (exact) mass is 331 g/mol. The van der Waals surface area contributed by atoms with Crippen LogP contribution >= 0.6 is 0 Å². The predicted octanol–water partition coefficient (Wildman–Crippen LogP) is 3.37. The Hall–Kier alpha value is -3.09. The lowest BCUT2D eigenvalue weighted by atomic mass is 10.2. The van der Waals surface area contributed by atoms with Gasteiger partial charge in [0, 0.05) is 12.5 Å². The molecule has 2 aromatic rings. The third-order valence-electron chi connectivity index (χ3n) is 3.12. The van der Waals surface area contributed by atoms with Crippen LogP contribution in [0.2, 0.25) is 0 Å². The number of nitro groups is 1. The highest BCUT2D eigenvalue weighted by molar-refractivity contribution is 5.73. The summed E-state index contributed by atoms with van der Waals surface area (Å²) >= 11 is 0. The van der Waals surface area contributed by atoms with Crippen LogP contribution in [-0.4, -0.2) is 24.6 Å². The maximum atomic E-state index is 11.9. The second-order valence-corrected chi connectivity index (χ2v) is 4.83. The number of nitro benzene ring substituents is 1. The van der Waals surface area contributed by atoms with Crippen molar-refractivity contribution in [3.05, 3.63) is 58.6 Å². The highest BCUT2D eigenvalue weighted by Gasteiger charge is 2.15. The molecule has 0 saturated heterocycles. The smallest absolute Gasteiger partial charge is 0.311 e. The highest BCUT2D eigenvalue weighted by atomic mass is 16.6. The Morgan fingerprint density at radius 1 is 1.12 bits per heavy atom. The quantitative estimate of drug-likeness (QED) is 0.242. The molecule has 0 heterocycles. The average Bonchev–Trinajstić information content (AvgIpc) is 2.59. The Labute approximate surface area is 138 Å². The number of nitrogens with zero attached hydrogens (tertiary/aromatic N) is 1. The lowest BCUT2D eigenvalue weighted by molar-refractivity contribution is -0.384. The van der Waals surface area contributed by atoms with Crippen molar-refractivity contribution in [2.45, 2.75) is 12.8 Å². The molecule has 0 amide bonds. The SMILES string of the molecule is COc1ccc([N+](=O)[O-])cc1OC(=O)CCCOc1ccccc1. The van der Waals surface area contributed by atoms with Crippen LogP contribution in [-0.2, 0) is 4.79 Å². The number of para-hydroxylation sites is 1. The zero-order chi connectivity index (χ0) is 17.4. The molecule has 0 bridgehead atoms. The van der Waals surface area contributed by atoms with Gasteiger partial charge in [-0.3, -0.25) is 14.9 Å². The van der Waals surface area contributed by atoms with Crippen LogP contribution in [0.15, 0.2) is 48.5 Å². The van der Waals surface area contributed by atoms with E-state index in [1.165, 1.54) is 19.2 Å². The summed E-state index contributed by atoms with van der Waals surface area (Å²) in [5.74, 6) is 0.506. The predicted molar refractivity (Wildman–Crippen MR) is 86.5 cm³/mol. The maximum absolute atomic E-state index is 11.9. The molecule has 0 aliphatic rings. The molecule has 24 heavy (non-hydrogen) atoms. The molecule has 7 nitrogen and oxygen atoms in total. The second kappa shape index (κ2) is 8.52. The van der Waals surface area contributed by atoms with Gasteiger partial charge in [-0.15, -0.1) is 0 Å². The first-order valence-corrected chi connectivity index (χ1v) is 7.31. The van der Waals surface area contributed by atoms with E-state index in [1.54, 1.807) is 0 Å². The van der Waals surface area contributed by atoms with Crippen LogP contribution in [0.5, 0.6) is 17.2 Å². The van der Waals surface area contributed by atoms with E-state index >= 15 is 0 Å². The molecule has 0 unspecified atom stereocenters. The van der Waals surface area contributed by atoms with Crippen LogP contribution in [0.4, 0.5) is 5.69 Å². The lowest BCUT2D eigenvalue weighted by Gasteiger charge is -2.09. The highest BCUT2D eigenvalue weighted by Crippen LogP contribution is 2.31. The van der Waals surface area contributed by atoms with E-state index in [4.69, 9.17) is 14.2 Å². The van der Waals surface area contributed by atoms with Crippen molar-refractivity contribution in [2.75, 3.05) is 13.7 Å². The first kappa shape index (κ1) is 17.3. The number of non-ortho nitro benzene ring substituents is 1. The molecule has 0 radical (unpaired) electrons. The molecule has 0 aliphatic heterocycles. The van der Waals surface area contributed by atoms with Gasteiger partial charge < -0.3 is 14.2 Å². The zero-order valence-corrected chi connectivity index (χ0v) is 13.1. The van der Waals surface area contributed by atoms with Crippen LogP contribution in [0, 0.1) is 10.1 Å². The number of carbonyl (C=O) groups is 1. The van der Waals surface area contributed by atoms with Gasteiger partial charge in [0.1, 0.15) is 5.75 Å². The fourth-order valence-corrected chi connectivity index (χ4v) is 1.96. The maximum Gasteiger partial charge on any atom is 0.311 e. The van der Waals surface area contributed by atoms with Gasteiger partial charge in [-0.1, -0.05) is 18.2 Å². The summed E-state index contributed by atoms with van der Waals surface area (Å²) in [6, 6.07) is 13.1. The number of methoxy groups -OCH3 is 1. The van der Waals surface area contributed by atoms with E-state index in [2.05, 4.69) is 0 Å². The minimum atomic E-state index is -0.565. The van der Waals surface area contributed by atoms with Gasteiger partial charge in [-0.25, -0.2) is 0 Å². The summed E-state index contributed by atoms with van der Waals surface area (Å²) in [5, 5.41) is 10.8. The van der Waals surface area contributed by atoms with E-state index in [0.29, 0.717) is 13.0 Å². The Morgan fingerprint density at radius 2 is 1.88 bits per heavy atom. The van der Waals surface area contributed by atoms with Gasteiger partial charge in [-0.2, -0.15) is 0 Å². The number of hydrogen-bond donors (Lipinski definition) is 0. The van der Waals surface area contributed by atoms with Gasteiger partial charge in [0.15, 0.2) is 11.5 Å². The molecule has 0 aliphatic carbocycles. The normalized spacial score (nSPS) is 10.0. The van der Waals surface area contributed by atoms with Gasteiger partial charge in [-0.05, 0) is 24.6 Å². The van der Waals surface area contributed by atoms with Crippen molar-refractivity contribution < 1.29 is 23.9 Å². The van der Waals surface area contributed by atoms with Crippen LogP contribution in [0.3, 0.4) is 0 Å². The molecule has 0 N–H and O–H groups in total. The fourth-order valence-electron chi connectivity index (χ4n) is 1.96. The van der Waals surface area contributed by atoms with Crippen molar-refractivity contribution >= 4 is 11.7 Å². The van der Waals surface area contributed by atoms with Crippen LogP contribution in [0.25, 0.3) is 0 Å². The number of benzene rings is 2.